The molecule has 1 atom stereocenters. The van der Waals surface area contributed by atoms with Crippen molar-refractivity contribution < 1.29 is 18.3 Å². The summed E-state index contributed by atoms with van der Waals surface area (Å²) < 4.78 is 31.1. The highest BCUT2D eigenvalue weighted by Gasteiger charge is 2.19. The lowest BCUT2D eigenvalue weighted by Gasteiger charge is -2.17. The Kier molecular flexibility index (Phi) is 4.84. The zero-order chi connectivity index (χ0) is 12.8. The van der Waals surface area contributed by atoms with Crippen LogP contribution >= 0.6 is 0 Å². The van der Waals surface area contributed by atoms with Crippen LogP contribution in [0.25, 0.3) is 0 Å². The third kappa shape index (κ3) is 3.39. The number of halogens is 2. The van der Waals surface area contributed by atoms with Gasteiger partial charge in [-0.15, -0.1) is 0 Å². The monoisotopic (exact) mass is 244 g/mol. The molecule has 0 saturated heterocycles. The van der Waals surface area contributed by atoms with Gasteiger partial charge in [0.2, 0.25) is 0 Å². The largest absolute Gasteiger partial charge is 0.450 e. The molecule has 1 aromatic rings. The molecule has 1 aromatic carbocycles. The number of amides is 1. The summed E-state index contributed by atoms with van der Waals surface area (Å²) in [6, 6.07) is 2.90. The Morgan fingerprint density at radius 2 is 2.24 bits per heavy atom. The zero-order valence-electron chi connectivity index (χ0n) is 9.37. The first-order valence-electron chi connectivity index (χ1n) is 5.17. The van der Waals surface area contributed by atoms with E-state index in [-0.39, 0.29) is 18.7 Å². The van der Waals surface area contributed by atoms with E-state index in [4.69, 9.17) is 5.73 Å². The Balaban J connectivity index is 2.86. The van der Waals surface area contributed by atoms with Gasteiger partial charge in [0.05, 0.1) is 12.6 Å². The Morgan fingerprint density at radius 3 is 2.82 bits per heavy atom. The van der Waals surface area contributed by atoms with Crippen LogP contribution in [0.4, 0.5) is 13.6 Å². The average molecular weight is 244 g/mol. The van der Waals surface area contributed by atoms with E-state index in [2.05, 4.69) is 10.1 Å². The van der Waals surface area contributed by atoms with Crippen molar-refractivity contribution in [2.45, 2.75) is 13.0 Å². The molecule has 0 bridgehead atoms. The van der Waals surface area contributed by atoms with E-state index in [1.54, 1.807) is 6.92 Å². The number of benzene rings is 1. The van der Waals surface area contributed by atoms with Crippen LogP contribution in [0.5, 0.6) is 0 Å². The van der Waals surface area contributed by atoms with E-state index in [1.807, 2.05) is 0 Å². The summed E-state index contributed by atoms with van der Waals surface area (Å²) in [6.45, 7) is 1.77. The molecule has 94 valence electrons. The van der Waals surface area contributed by atoms with Gasteiger partial charge in [0, 0.05) is 12.1 Å². The molecular weight excluding hydrogens is 230 g/mol. The van der Waals surface area contributed by atoms with Crippen molar-refractivity contribution in [1.82, 2.24) is 5.32 Å². The second-order valence-electron chi connectivity index (χ2n) is 3.30. The van der Waals surface area contributed by atoms with Crippen molar-refractivity contribution in [3.05, 3.63) is 35.4 Å². The number of carbonyl (C=O) groups is 1. The fraction of sp³-hybridized carbons (Fsp3) is 0.364. The van der Waals surface area contributed by atoms with Gasteiger partial charge in [-0.1, -0.05) is 12.1 Å². The lowest BCUT2D eigenvalue weighted by atomic mass is 10.1. The number of ether oxygens (including phenoxy) is 1. The van der Waals surface area contributed by atoms with Crippen LogP contribution in [-0.2, 0) is 4.74 Å². The fourth-order valence-electron chi connectivity index (χ4n) is 1.37. The van der Waals surface area contributed by atoms with Gasteiger partial charge in [-0.05, 0) is 13.0 Å². The van der Waals surface area contributed by atoms with E-state index < -0.39 is 23.8 Å². The predicted octanol–water partition coefficient (Wildman–Crippen LogP) is 1.71. The van der Waals surface area contributed by atoms with Crippen molar-refractivity contribution in [2.24, 2.45) is 5.73 Å². The van der Waals surface area contributed by atoms with Crippen LogP contribution in [0.15, 0.2) is 18.2 Å². The lowest BCUT2D eigenvalue weighted by Crippen LogP contribution is -2.34. The molecule has 0 aliphatic rings. The SMILES string of the molecule is CCOC(=O)NC(CN)c1cccc(F)c1F. The smallest absolute Gasteiger partial charge is 0.407 e. The Labute approximate surface area is 97.8 Å². The standard InChI is InChI=1S/C11H14F2N2O2/c1-2-17-11(16)15-9(6-14)7-4-3-5-8(12)10(7)13/h3-5,9H,2,6,14H2,1H3,(H,15,16). The van der Waals surface area contributed by atoms with Crippen LogP contribution < -0.4 is 11.1 Å². The predicted molar refractivity (Wildman–Crippen MR) is 58.3 cm³/mol. The molecule has 3 N–H and O–H groups in total. The van der Waals surface area contributed by atoms with Gasteiger partial charge >= 0.3 is 6.09 Å². The van der Waals surface area contributed by atoms with E-state index >= 15 is 0 Å². The number of nitrogens with one attached hydrogen (secondary N) is 1. The third-order valence-electron chi connectivity index (χ3n) is 2.16. The van der Waals surface area contributed by atoms with E-state index in [0.29, 0.717) is 0 Å². The number of rotatable bonds is 4. The molecule has 0 heterocycles. The lowest BCUT2D eigenvalue weighted by molar-refractivity contribution is 0.148. The van der Waals surface area contributed by atoms with Crippen molar-refractivity contribution in [3.8, 4) is 0 Å². The number of hydrogen-bond donors (Lipinski definition) is 2. The maximum Gasteiger partial charge on any atom is 0.407 e. The molecule has 4 nitrogen and oxygen atoms in total. The fourth-order valence-corrected chi connectivity index (χ4v) is 1.37. The third-order valence-corrected chi connectivity index (χ3v) is 2.16. The Bertz CT molecular complexity index is 399. The molecule has 17 heavy (non-hydrogen) atoms. The summed E-state index contributed by atoms with van der Waals surface area (Å²) in [5.41, 5.74) is 5.41. The molecule has 0 aliphatic carbocycles. The average Bonchev–Trinajstić information content (AvgIpc) is 2.30. The highest BCUT2D eigenvalue weighted by molar-refractivity contribution is 5.67. The van der Waals surface area contributed by atoms with E-state index in [1.165, 1.54) is 12.1 Å². The van der Waals surface area contributed by atoms with Gasteiger partial charge in [-0.3, -0.25) is 0 Å². The molecular formula is C11H14F2N2O2. The highest BCUT2D eigenvalue weighted by atomic mass is 19.2. The van der Waals surface area contributed by atoms with E-state index in [9.17, 15) is 13.6 Å². The molecule has 0 saturated carbocycles. The minimum atomic E-state index is -1.01. The second-order valence-corrected chi connectivity index (χ2v) is 3.30. The topological polar surface area (TPSA) is 64.3 Å². The molecule has 1 unspecified atom stereocenters. The Hall–Kier alpha value is -1.69. The minimum absolute atomic E-state index is 0.000512. The van der Waals surface area contributed by atoms with Crippen molar-refractivity contribution in [1.29, 1.82) is 0 Å². The summed E-state index contributed by atoms with van der Waals surface area (Å²) in [4.78, 5) is 11.2. The first kappa shape index (κ1) is 13.4. The van der Waals surface area contributed by atoms with Crippen molar-refractivity contribution in [3.63, 3.8) is 0 Å². The second kappa shape index (κ2) is 6.15. The Morgan fingerprint density at radius 1 is 1.53 bits per heavy atom. The van der Waals surface area contributed by atoms with Gasteiger partial charge in [0.25, 0.3) is 0 Å². The van der Waals surface area contributed by atoms with Gasteiger partial charge in [0.15, 0.2) is 11.6 Å². The van der Waals surface area contributed by atoms with Crippen LogP contribution in [-0.4, -0.2) is 19.2 Å². The summed E-state index contributed by atoms with van der Waals surface area (Å²) >= 11 is 0. The summed E-state index contributed by atoms with van der Waals surface area (Å²) in [6.07, 6.45) is -0.716. The summed E-state index contributed by atoms with van der Waals surface area (Å²) in [7, 11) is 0. The normalized spacial score (nSPS) is 12.0. The first-order valence-corrected chi connectivity index (χ1v) is 5.17. The first-order chi connectivity index (χ1) is 8.10. The van der Waals surface area contributed by atoms with Gasteiger partial charge in [-0.2, -0.15) is 0 Å². The van der Waals surface area contributed by atoms with Crippen molar-refractivity contribution >= 4 is 6.09 Å². The van der Waals surface area contributed by atoms with Crippen molar-refractivity contribution in [2.75, 3.05) is 13.2 Å². The molecule has 0 spiro atoms. The molecule has 0 aromatic heterocycles. The van der Waals surface area contributed by atoms with Crippen LogP contribution in [0.3, 0.4) is 0 Å². The molecule has 6 heteroatoms. The van der Waals surface area contributed by atoms with Crippen LogP contribution in [0, 0.1) is 11.6 Å². The van der Waals surface area contributed by atoms with Crippen LogP contribution in [0.1, 0.15) is 18.5 Å². The summed E-state index contributed by atoms with van der Waals surface area (Å²) in [5, 5.41) is 2.36. The maximum atomic E-state index is 13.5. The summed E-state index contributed by atoms with van der Waals surface area (Å²) in [5.74, 6) is -1.99. The van der Waals surface area contributed by atoms with Crippen LogP contribution in [0.2, 0.25) is 0 Å². The maximum absolute atomic E-state index is 13.5. The van der Waals surface area contributed by atoms with Gasteiger partial charge < -0.3 is 15.8 Å². The van der Waals surface area contributed by atoms with Gasteiger partial charge in [0.1, 0.15) is 0 Å². The number of alkyl carbamates (subject to hydrolysis) is 1. The molecule has 0 radical (unpaired) electrons. The molecule has 1 rings (SSSR count). The van der Waals surface area contributed by atoms with Gasteiger partial charge in [-0.25, -0.2) is 13.6 Å². The highest BCUT2D eigenvalue weighted by Crippen LogP contribution is 2.18. The molecule has 0 fully saturated rings. The zero-order valence-corrected chi connectivity index (χ0v) is 9.37. The number of hydrogen-bond acceptors (Lipinski definition) is 3. The number of carbonyl (C=O) groups excluding carboxylic acids is 1. The van der Waals surface area contributed by atoms with E-state index in [0.717, 1.165) is 6.07 Å². The minimum Gasteiger partial charge on any atom is -0.450 e. The quantitative estimate of drug-likeness (QED) is 0.847. The molecule has 1 amide bonds. The molecule has 0 aliphatic heterocycles. The number of nitrogens with two attached hydrogens (primary N) is 1.